The van der Waals surface area contributed by atoms with Crippen LogP contribution >= 0.6 is 11.3 Å². The fraction of sp³-hybridized carbons (Fsp3) is 0.143. The largest absolute Gasteiger partial charge is 0.383 e. The van der Waals surface area contributed by atoms with Gasteiger partial charge in [0.25, 0.3) is 0 Å². The summed E-state index contributed by atoms with van der Waals surface area (Å²) >= 11 is 1.58. The Bertz CT molecular complexity index is 709. The van der Waals surface area contributed by atoms with Crippen molar-refractivity contribution in [2.24, 2.45) is 0 Å². The average molecular weight is 271 g/mol. The van der Waals surface area contributed by atoms with Gasteiger partial charge < -0.3 is 10.5 Å². The number of nitrogen functional groups attached to an aromatic ring is 1. The molecule has 2 aromatic heterocycles. The SMILES string of the molecule is COCc1nc(N)c2c(-c3ccccc3)csc2n1. The molecule has 0 unspecified atom stereocenters. The predicted molar refractivity (Wildman–Crippen MR) is 78.0 cm³/mol. The summed E-state index contributed by atoms with van der Waals surface area (Å²) in [5, 5.41) is 3.00. The number of methoxy groups -OCH3 is 1. The van der Waals surface area contributed by atoms with Crippen molar-refractivity contribution >= 4 is 27.4 Å². The summed E-state index contributed by atoms with van der Waals surface area (Å²) in [5.74, 6) is 1.13. The fourth-order valence-electron chi connectivity index (χ4n) is 2.04. The lowest BCUT2D eigenvalue weighted by Gasteiger charge is -2.04. The molecule has 0 amide bonds. The van der Waals surface area contributed by atoms with E-state index in [9.17, 15) is 0 Å². The van der Waals surface area contributed by atoms with Crippen LogP contribution in [0.5, 0.6) is 0 Å². The molecular formula is C14H13N3OS. The molecule has 96 valence electrons. The minimum Gasteiger partial charge on any atom is -0.383 e. The van der Waals surface area contributed by atoms with E-state index in [1.54, 1.807) is 18.4 Å². The van der Waals surface area contributed by atoms with E-state index in [1.807, 2.05) is 18.2 Å². The molecule has 0 spiro atoms. The van der Waals surface area contributed by atoms with Gasteiger partial charge >= 0.3 is 0 Å². The Kier molecular flexibility index (Phi) is 3.15. The fourth-order valence-corrected chi connectivity index (χ4v) is 3.01. The molecule has 5 heteroatoms. The first-order valence-corrected chi connectivity index (χ1v) is 6.75. The normalized spacial score (nSPS) is 11.0. The summed E-state index contributed by atoms with van der Waals surface area (Å²) in [4.78, 5) is 9.67. The monoisotopic (exact) mass is 271 g/mol. The summed E-state index contributed by atoms with van der Waals surface area (Å²) in [6, 6.07) is 10.1. The highest BCUT2D eigenvalue weighted by atomic mass is 32.1. The van der Waals surface area contributed by atoms with Crippen molar-refractivity contribution in [2.45, 2.75) is 6.61 Å². The third kappa shape index (κ3) is 2.18. The Balaban J connectivity index is 2.19. The van der Waals surface area contributed by atoms with Crippen LogP contribution in [0.15, 0.2) is 35.7 Å². The van der Waals surface area contributed by atoms with E-state index in [-0.39, 0.29) is 0 Å². The molecule has 0 saturated carbocycles. The summed E-state index contributed by atoms with van der Waals surface area (Å²) in [6.07, 6.45) is 0. The van der Waals surface area contributed by atoms with Crippen LogP contribution in [0.3, 0.4) is 0 Å². The second-order valence-corrected chi connectivity index (χ2v) is 5.01. The lowest BCUT2D eigenvalue weighted by Crippen LogP contribution is -2.01. The molecule has 1 aromatic carbocycles. The number of anilines is 1. The van der Waals surface area contributed by atoms with E-state index in [1.165, 1.54) is 0 Å². The van der Waals surface area contributed by atoms with Crippen molar-refractivity contribution in [3.05, 3.63) is 41.5 Å². The van der Waals surface area contributed by atoms with Crippen LogP contribution in [0.2, 0.25) is 0 Å². The van der Waals surface area contributed by atoms with Crippen molar-refractivity contribution in [1.29, 1.82) is 0 Å². The molecule has 4 nitrogen and oxygen atoms in total. The second-order valence-electron chi connectivity index (χ2n) is 4.15. The predicted octanol–water partition coefficient (Wildman–Crippen LogP) is 3.09. The third-order valence-corrected chi connectivity index (χ3v) is 3.74. The summed E-state index contributed by atoms with van der Waals surface area (Å²) < 4.78 is 5.05. The average Bonchev–Trinajstić information content (AvgIpc) is 2.84. The van der Waals surface area contributed by atoms with Crippen LogP contribution in [-0.4, -0.2) is 17.1 Å². The molecule has 3 aromatic rings. The van der Waals surface area contributed by atoms with Gasteiger partial charge in [-0.15, -0.1) is 11.3 Å². The van der Waals surface area contributed by atoms with Crippen molar-refractivity contribution in [3.63, 3.8) is 0 Å². The Morgan fingerprint density at radius 3 is 2.74 bits per heavy atom. The standard InChI is InChI=1S/C14H13N3OS/c1-18-7-11-16-13(15)12-10(8-19-14(12)17-11)9-5-3-2-4-6-9/h2-6,8H,7H2,1H3,(H2,15,16,17). The molecule has 0 fully saturated rings. The van der Waals surface area contributed by atoms with Gasteiger partial charge in [-0.05, 0) is 5.56 Å². The molecule has 0 saturated heterocycles. The smallest absolute Gasteiger partial charge is 0.158 e. The molecule has 0 atom stereocenters. The Hall–Kier alpha value is -1.98. The van der Waals surface area contributed by atoms with Crippen molar-refractivity contribution in [1.82, 2.24) is 9.97 Å². The van der Waals surface area contributed by atoms with Crippen molar-refractivity contribution < 1.29 is 4.74 Å². The number of hydrogen-bond acceptors (Lipinski definition) is 5. The van der Waals surface area contributed by atoms with Crippen molar-refractivity contribution in [2.75, 3.05) is 12.8 Å². The van der Waals surface area contributed by atoms with E-state index >= 15 is 0 Å². The zero-order chi connectivity index (χ0) is 13.2. The zero-order valence-electron chi connectivity index (χ0n) is 10.5. The van der Waals surface area contributed by atoms with Gasteiger partial charge in [-0.2, -0.15) is 0 Å². The van der Waals surface area contributed by atoms with Gasteiger partial charge in [-0.3, -0.25) is 0 Å². The lowest BCUT2D eigenvalue weighted by molar-refractivity contribution is 0.178. The number of nitrogens with two attached hydrogens (primary N) is 1. The maximum atomic E-state index is 6.07. The summed E-state index contributed by atoms with van der Waals surface area (Å²) in [7, 11) is 1.62. The number of hydrogen-bond donors (Lipinski definition) is 1. The van der Waals surface area contributed by atoms with E-state index in [4.69, 9.17) is 10.5 Å². The molecule has 0 aliphatic rings. The van der Waals surface area contributed by atoms with E-state index in [0.717, 1.165) is 21.3 Å². The Labute approximate surface area is 114 Å². The van der Waals surface area contributed by atoms with Crippen molar-refractivity contribution in [3.8, 4) is 11.1 Å². The first-order valence-electron chi connectivity index (χ1n) is 5.87. The van der Waals surface area contributed by atoms with Crippen LogP contribution in [0.1, 0.15) is 5.82 Å². The minimum absolute atomic E-state index is 0.374. The minimum atomic E-state index is 0.374. The molecule has 0 radical (unpaired) electrons. The molecule has 3 rings (SSSR count). The molecule has 2 heterocycles. The maximum absolute atomic E-state index is 6.07. The van der Waals surface area contributed by atoms with Gasteiger partial charge in [0.2, 0.25) is 0 Å². The Morgan fingerprint density at radius 1 is 1.21 bits per heavy atom. The number of nitrogens with zero attached hydrogens (tertiary/aromatic N) is 2. The topological polar surface area (TPSA) is 61.0 Å². The number of ether oxygens (including phenoxy) is 1. The first-order chi connectivity index (χ1) is 9.29. The van der Waals surface area contributed by atoms with Gasteiger partial charge in [-0.25, -0.2) is 9.97 Å². The zero-order valence-corrected chi connectivity index (χ0v) is 11.3. The molecular weight excluding hydrogens is 258 g/mol. The van der Waals surface area contributed by atoms with E-state index in [2.05, 4.69) is 27.5 Å². The number of aromatic nitrogens is 2. The second kappa shape index (κ2) is 4.95. The van der Waals surface area contributed by atoms with Gasteiger partial charge in [0.1, 0.15) is 17.3 Å². The van der Waals surface area contributed by atoms with Gasteiger partial charge in [-0.1, -0.05) is 30.3 Å². The summed E-state index contributed by atoms with van der Waals surface area (Å²) in [5.41, 5.74) is 8.28. The molecule has 0 aliphatic heterocycles. The number of thiophene rings is 1. The quantitative estimate of drug-likeness (QED) is 0.795. The summed E-state index contributed by atoms with van der Waals surface area (Å²) in [6.45, 7) is 0.374. The molecule has 0 aliphatic carbocycles. The van der Waals surface area contributed by atoms with Crippen LogP contribution in [0.4, 0.5) is 5.82 Å². The number of benzene rings is 1. The van der Waals surface area contributed by atoms with Gasteiger partial charge in [0.15, 0.2) is 5.82 Å². The van der Waals surface area contributed by atoms with Crippen LogP contribution < -0.4 is 5.73 Å². The van der Waals surface area contributed by atoms with E-state index in [0.29, 0.717) is 18.2 Å². The third-order valence-electron chi connectivity index (χ3n) is 2.87. The van der Waals surface area contributed by atoms with Crippen LogP contribution in [-0.2, 0) is 11.3 Å². The highest BCUT2D eigenvalue weighted by molar-refractivity contribution is 7.17. The molecule has 19 heavy (non-hydrogen) atoms. The Morgan fingerprint density at radius 2 is 2.00 bits per heavy atom. The highest BCUT2D eigenvalue weighted by Crippen LogP contribution is 2.35. The lowest BCUT2D eigenvalue weighted by atomic mass is 10.1. The number of fused-ring (bicyclic) bond motifs is 1. The van der Waals surface area contributed by atoms with Gasteiger partial charge in [0.05, 0.1) is 5.39 Å². The van der Waals surface area contributed by atoms with Crippen LogP contribution in [0.25, 0.3) is 21.3 Å². The van der Waals surface area contributed by atoms with Gasteiger partial charge in [0, 0.05) is 18.1 Å². The van der Waals surface area contributed by atoms with Crippen LogP contribution in [0, 0.1) is 0 Å². The molecule has 2 N–H and O–H groups in total. The highest BCUT2D eigenvalue weighted by Gasteiger charge is 2.13. The number of rotatable bonds is 3. The maximum Gasteiger partial charge on any atom is 0.158 e. The first kappa shape index (κ1) is 12.1. The molecule has 0 bridgehead atoms. The van der Waals surface area contributed by atoms with E-state index < -0.39 is 0 Å².